The Morgan fingerprint density at radius 1 is 1.05 bits per heavy atom. The van der Waals surface area contributed by atoms with Gasteiger partial charge in [0, 0.05) is 16.3 Å². The number of rotatable bonds is 3. The van der Waals surface area contributed by atoms with Crippen LogP contribution in [0.3, 0.4) is 0 Å². The fourth-order valence-corrected chi connectivity index (χ4v) is 3.34. The largest absolute Gasteiger partial charge is 0.399 e. The lowest BCUT2D eigenvalue weighted by atomic mass is 10.0. The van der Waals surface area contributed by atoms with E-state index >= 15 is 0 Å². The van der Waals surface area contributed by atoms with Crippen LogP contribution in [0.4, 0.5) is 10.1 Å². The van der Waals surface area contributed by atoms with Crippen LogP contribution in [0.15, 0.2) is 35.2 Å². The number of benzene rings is 2. The number of thioether (sulfide) groups is 1. The van der Waals surface area contributed by atoms with E-state index in [4.69, 9.17) is 5.73 Å². The van der Waals surface area contributed by atoms with Gasteiger partial charge in [-0.3, -0.25) is 0 Å². The van der Waals surface area contributed by atoms with E-state index < -0.39 is 0 Å². The van der Waals surface area contributed by atoms with Crippen LogP contribution in [-0.2, 0) is 5.75 Å². The molecule has 0 aromatic heterocycles. The summed E-state index contributed by atoms with van der Waals surface area (Å²) in [4.78, 5) is 0.647. The van der Waals surface area contributed by atoms with Crippen LogP contribution in [0, 0.1) is 26.6 Å². The molecule has 0 unspecified atom stereocenters. The molecule has 0 heterocycles. The molecule has 0 radical (unpaired) electrons. The smallest absolute Gasteiger partial charge is 0.138 e. The van der Waals surface area contributed by atoms with E-state index in [-0.39, 0.29) is 5.82 Å². The second kappa shape index (κ2) is 5.66. The molecule has 0 atom stereocenters. The van der Waals surface area contributed by atoms with E-state index in [2.05, 4.69) is 32.9 Å². The lowest BCUT2D eigenvalue weighted by Crippen LogP contribution is -1.94. The van der Waals surface area contributed by atoms with Crippen LogP contribution < -0.4 is 5.73 Å². The zero-order valence-electron chi connectivity index (χ0n) is 11.5. The molecule has 0 amide bonds. The first-order chi connectivity index (χ1) is 8.97. The zero-order chi connectivity index (χ0) is 14.0. The summed E-state index contributed by atoms with van der Waals surface area (Å²) < 4.78 is 13.7. The Hall–Kier alpha value is -1.48. The number of anilines is 1. The Morgan fingerprint density at radius 3 is 2.26 bits per heavy atom. The summed E-state index contributed by atoms with van der Waals surface area (Å²) >= 11 is 1.51. The Morgan fingerprint density at radius 2 is 1.68 bits per heavy atom. The van der Waals surface area contributed by atoms with Crippen molar-refractivity contribution in [3.05, 3.63) is 58.4 Å². The number of aryl methyl sites for hydroxylation is 3. The summed E-state index contributed by atoms with van der Waals surface area (Å²) in [7, 11) is 0. The van der Waals surface area contributed by atoms with Crippen molar-refractivity contribution in [3.8, 4) is 0 Å². The van der Waals surface area contributed by atoms with Gasteiger partial charge in [0.15, 0.2) is 0 Å². The maximum Gasteiger partial charge on any atom is 0.138 e. The molecule has 2 aromatic rings. The van der Waals surface area contributed by atoms with Gasteiger partial charge >= 0.3 is 0 Å². The lowest BCUT2D eigenvalue weighted by molar-refractivity contribution is 0.602. The Balaban J connectivity index is 2.19. The predicted octanol–water partition coefficient (Wildman–Crippen LogP) is 4.63. The molecule has 0 saturated heterocycles. The SMILES string of the molecule is Cc1cc(C)c(CSc2ccc(N)cc2F)c(C)c1. The molecule has 1 nitrogen and oxygen atoms in total. The van der Waals surface area contributed by atoms with E-state index in [1.54, 1.807) is 12.1 Å². The van der Waals surface area contributed by atoms with Gasteiger partial charge in [0.05, 0.1) is 0 Å². The molecule has 100 valence electrons. The molecule has 0 spiro atoms. The minimum atomic E-state index is -0.243. The second-order valence-electron chi connectivity index (χ2n) is 4.86. The van der Waals surface area contributed by atoms with Crippen molar-refractivity contribution >= 4 is 17.4 Å². The third kappa shape index (κ3) is 3.29. The minimum Gasteiger partial charge on any atom is -0.399 e. The highest BCUT2D eigenvalue weighted by molar-refractivity contribution is 7.98. The van der Waals surface area contributed by atoms with Gasteiger partial charge in [0.1, 0.15) is 5.82 Å². The third-order valence-electron chi connectivity index (χ3n) is 3.17. The van der Waals surface area contributed by atoms with E-state index in [9.17, 15) is 4.39 Å². The number of hydrogen-bond acceptors (Lipinski definition) is 2. The molecule has 0 aliphatic rings. The lowest BCUT2D eigenvalue weighted by Gasteiger charge is -2.11. The maximum absolute atomic E-state index is 13.7. The van der Waals surface area contributed by atoms with Crippen molar-refractivity contribution in [1.82, 2.24) is 0 Å². The van der Waals surface area contributed by atoms with Gasteiger partial charge in [-0.15, -0.1) is 11.8 Å². The van der Waals surface area contributed by atoms with Gasteiger partial charge < -0.3 is 5.73 Å². The van der Waals surface area contributed by atoms with Crippen LogP contribution in [0.25, 0.3) is 0 Å². The van der Waals surface area contributed by atoms with Gasteiger partial charge in [-0.2, -0.15) is 0 Å². The first kappa shape index (κ1) is 13.9. The minimum absolute atomic E-state index is 0.243. The molecule has 0 aliphatic heterocycles. The molecule has 2 aromatic carbocycles. The Bertz CT molecular complexity index is 585. The molecular formula is C16H18FNS. The van der Waals surface area contributed by atoms with E-state index in [1.807, 2.05) is 0 Å². The number of hydrogen-bond donors (Lipinski definition) is 1. The molecule has 0 bridgehead atoms. The average Bonchev–Trinajstić information content (AvgIpc) is 2.30. The number of nitrogen functional groups attached to an aromatic ring is 1. The van der Waals surface area contributed by atoms with Gasteiger partial charge in [-0.1, -0.05) is 17.7 Å². The molecule has 0 aliphatic carbocycles. The Labute approximate surface area is 118 Å². The first-order valence-electron chi connectivity index (χ1n) is 6.22. The molecule has 0 saturated carbocycles. The first-order valence-corrected chi connectivity index (χ1v) is 7.20. The summed E-state index contributed by atoms with van der Waals surface area (Å²) in [6, 6.07) is 9.19. The van der Waals surface area contributed by atoms with Crippen LogP contribution in [-0.4, -0.2) is 0 Å². The van der Waals surface area contributed by atoms with Crippen molar-refractivity contribution in [2.45, 2.75) is 31.4 Å². The fourth-order valence-electron chi connectivity index (χ4n) is 2.22. The highest BCUT2D eigenvalue weighted by atomic mass is 32.2. The Kier molecular flexibility index (Phi) is 4.15. The topological polar surface area (TPSA) is 26.0 Å². The zero-order valence-corrected chi connectivity index (χ0v) is 12.3. The van der Waals surface area contributed by atoms with E-state index in [0.717, 1.165) is 5.75 Å². The predicted molar refractivity (Wildman–Crippen MR) is 81.0 cm³/mol. The molecule has 2 rings (SSSR count). The fraction of sp³-hybridized carbons (Fsp3) is 0.250. The summed E-state index contributed by atoms with van der Waals surface area (Å²) in [5, 5.41) is 0. The summed E-state index contributed by atoms with van der Waals surface area (Å²) in [6.45, 7) is 6.31. The van der Waals surface area contributed by atoms with E-state index in [1.165, 1.54) is 40.1 Å². The van der Waals surface area contributed by atoms with Crippen molar-refractivity contribution in [2.75, 3.05) is 5.73 Å². The standard InChI is InChI=1S/C16H18FNS/c1-10-6-11(2)14(12(3)7-10)9-19-16-5-4-13(18)8-15(16)17/h4-8H,9,18H2,1-3H3. The quantitative estimate of drug-likeness (QED) is 0.653. The second-order valence-corrected chi connectivity index (χ2v) is 5.87. The third-order valence-corrected chi connectivity index (χ3v) is 4.24. The summed E-state index contributed by atoms with van der Waals surface area (Å²) in [5.74, 6) is 0.533. The van der Waals surface area contributed by atoms with Gasteiger partial charge in [0.25, 0.3) is 0 Å². The maximum atomic E-state index is 13.7. The van der Waals surface area contributed by atoms with Crippen LogP contribution >= 0.6 is 11.8 Å². The highest BCUT2D eigenvalue weighted by Gasteiger charge is 2.07. The van der Waals surface area contributed by atoms with Crippen LogP contribution in [0.2, 0.25) is 0 Å². The summed E-state index contributed by atoms with van der Waals surface area (Å²) in [5.41, 5.74) is 11.1. The van der Waals surface area contributed by atoms with Crippen molar-refractivity contribution < 1.29 is 4.39 Å². The molecule has 19 heavy (non-hydrogen) atoms. The van der Waals surface area contributed by atoms with Crippen molar-refractivity contribution in [1.29, 1.82) is 0 Å². The molecular weight excluding hydrogens is 257 g/mol. The van der Waals surface area contributed by atoms with Gasteiger partial charge in [-0.05, 0) is 55.7 Å². The highest BCUT2D eigenvalue weighted by Crippen LogP contribution is 2.29. The average molecular weight is 275 g/mol. The normalized spacial score (nSPS) is 10.7. The van der Waals surface area contributed by atoms with E-state index in [0.29, 0.717) is 10.6 Å². The van der Waals surface area contributed by atoms with Gasteiger partial charge in [-0.25, -0.2) is 4.39 Å². The van der Waals surface area contributed by atoms with Crippen LogP contribution in [0.1, 0.15) is 22.3 Å². The van der Waals surface area contributed by atoms with Crippen molar-refractivity contribution in [2.24, 2.45) is 0 Å². The number of halogens is 1. The van der Waals surface area contributed by atoms with Crippen LogP contribution in [0.5, 0.6) is 0 Å². The monoisotopic (exact) mass is 275 g/mol. The molecule has 2 N–H and O–H groups in total. The van der Waals surface area contributed by atoms with Crippen molar-refractivity contribution in [3.63, 3.8) is 0 Å². The summed E-state index contributed by atoms with van der Waals surface area (Å²) in [6.07, 6.45) is 0. The molecule has 0 fully saturated rings. The van der Waals surface area contributed by atoms with Gasteiger partial charge in [0.2, 0.25) is 0 Å². The molecule has 3 heteroatoms. The number of nitrogens with two attached hydrogens (primary N) is 1.